The fourth-order valence-corrected chi connectivity index (χ4v) is 2.77. The number of piperazine rings is 1. The van der Waals surface area contributed by atoms with Gasteiger partial charge in [-0.15, -0.1) is 0 Å². The fourth-order valence-electron chi connectivity index (χ4n) is 2.77. The molecule has 0 aromatic heterocycles. The van der Waals surface area contributed by atoms with E-state index in [0.717, 1.165) is 5.56 Å². The number of hydrogen-bond acceptors (Lipinski definition) is 4. The van der Waals surface area contributed by atoms with Crippen LogP contribution in [-0.4, -0.2) is 42.0 Å². The Morgan fingerprint density at radius 3 is 2.62 bits per heavy atom. The summed E-state index contributed by atoms with van der Waals surface area (Å²) in [4.78, 5) is 26.3. The van der Waals surface area contributed by atoms with Crippen molar-refractivity contribution in [3.8, 4) is 0 Å². The number of carbonyl (C=O) groups excluding carboxylic acids is 2. The van der Waals surface area contributed by atoms with Gasteiger partial charge in [0.1, 0.15) is 6.04 Å². The van der Waals surface area contributed by atoms with Crippen LogP contribution in [0.25, 0.3) is 0 Å². The van der Waals surface area contributed by atoms with Crippen molar-refractivity contribution in [3.63, 3.8) is 0 Å². The van der Waals surface area contributed by atoms with E-state index in [1.807, 2.05) is 44.2 Å². The number of hydrogen-bond donors (Lipinski definition) is 1. The minimum atomic E-state index is -0.535. The Hall–Kier alpha value is -1.88. The Morgan fingerprint density at radius 2 is 2.05 bits per heavy atom. The molecule has 1 fully saturated rings. The number of nitrogens with one attached hydrogen (secondary N) is 1. The van der Waals surface area contributed by atoms with Crippen molar-refractivity contribution in [2.45, 2.75) is 38.9 Å². The first-order valence-electron chi connectivity index (χ1n) is 7.32. The third-order valence-corrected chi connectivity index (χ3v) is 3.61. The van der Waals surface area contributed by atoms with E-state index in [2.05, 4.69) is 5.32 Å². The molecular formula is C16H22N2O3. The third kappa shape index (κ3) is 3.24. The summed E-state index contributed by atoms with van der Waals surface area (Å²) in [5.41, 5.74) is 0.935. The van der Waals surface area contributed by atoms with Gasteiger partial charge in [0.2, 0.25) is 5.91 Å². The molecule has 2 atom stereocenters. The number of ether oxygens (including phenoxy) is 1. The molecular weight excluding hydrogens is 268 g/mol. The Labute approximate surface area is 125 Å². The zero-order valence-electron chi connectivity index (χ0n) is 12.7. The molecule has 1 saturated heterocycles. The van der Waals surface area contributed by atoms with Crippen molar-refractivity contribution in [1.29, 1.82) is 0 Å². The molecule has 2 rings (SSSR count). The summed E-state index contributed by atoms with van der Waals surface area (Å²) in [6.45, 7) is 6.19. The molecule has 0 unspecified atom stereocenters. The van der Waals surface area contributed by atoms with Crippen LogP contribution in [0.5, 0.6) is 0 Å². The molecule has 0 radical (unpaired) electrons. The Kier molecular flexibility index (Phi) is 4.96. The van der Waals surface area contributed by atoms with Crippen LogP contribution in [0, 0.1) is 0 Å². The molecule has 1 aliphatic rings. The van der Waals surface area contributed by atoms with E-state index in [1.165, 1.54) is 0 Å². The molecule has 1 amide bonds. The number of amides is 1. The lowest BCUT2D eigenvalue weighted by atomic mass is 9.94. The van der Waals surface area contributed by atoms with E-state index >= 15 is 0 Å². The maximum Gasteiger partial charge on any atom is 0.325 e. The number of esters is 1. The monoisotopic (exact) mass is 290 g/mol. The summed E-state index contributed by atoms with van der Waals surface area (Å²) in [6.07, 6.45) is 0. The van der Waals surface area contributed by atoms with Crippen LogP contribution in [0.1, 0.15) is 32.4 Å². The van der Waals surface area contributed by atoms with Crippen LogP contribution >= 0.6 is 0 Å². The standard InChI is InChI=1S/C16H22N2O3/c1-4-21-16(20)14-15(12-8-6-5-7-9-12)18(11(2)3)13(19)10-17-14/h5-9,11,14-15,17H,4,10H2,1-3H3/t14-,15+/m1/s1. The molecule has 1 aromatic rings. The average molecular weight is 290 g/mol. The van der Waals surface area contributed by atoms with Crippen molar-refractivity contribution in [2.24, 2.45) is 0 Å². The molecule has 0 saturated carbocycles. The predicted octanol–water partition coefficient (Wildman–Crippen LogP) is 1.50. The molecule has 114 valence electrons. The first-order chi connectivity index (χ1) is 10.1. The molecule has 1 N–H and O–H groups in total. The van der Waals surface area contributed by atoms with Gasteiger partial charge in [0, 0.05) is 6.04 Å². The van der Waals surface area contributed by atoms with Gasteiger partial charge in [-0.1, -0.05) is 30.3 Å². The fraction of sp³-hybridized carbons (Fsp3) is 0.500. The Morgan fingerprint density at radius 1 is 1.38 bits per heavy atom. The van der Waals surface area contributed by atoms with Gasteiger partial charge in [0.25, 0.3) is 0 Å². The van der Waals surface area contributed by atoms with Crippen LogP contribution in [0.4, 0.5) is 0 Å². The molecule has 1 aromatic carbocycles. The summed E-state index contributed by atoms with van der Waals surface area (Å²) in [5, 5.41) is 3.02. The van der Waals surface area contributed by atoms with E-state index in [1.54, 1.807) is 11.8 Å². The summed E-state index contributed by atoms with van der Waals surface area (Å²) >= 11 is 0. The van der Waals surface area contributed by atoms with E-state index in [9.17, 15) is 9.59 Å². The van der Waals surface area contributed by atoms with Gasteiger partial charge in [-0.3, -0.25) is 14.9 Å². The highest BCUT2D eigenvalue weighted by Crippen LogP contribution is 2.29. The first-order valence-corrected chi connectivity index (χ1v) is 7.32. The van der Waals surface area contributed by atoms with Gasteiger partial charge in [-0.05, 0) is 26.3 Å². The van der Waals surface area contributed by atoms with Gasteiger partial charge >= 0.3 is 5.97 Å². The second-order valence-corrected chi connectivity index (χ2v) is 5.36. The van der Waals surface area contributed by atoms with Gasteiger partial charge in [-0.25, -0.2) is 0 Å². The van der Waals surface area contributed by atoms with Crippen molar-refractivity contribution in [3.05, 3.63) is 35.9 Å². The van der Waals surface area contributed by atoms with Gasteiger partial charge < -0.3 is 9.64 Å². The summed E-state index contributed by atoms with van der Waals surface area (Å²) in [5.74, 6) is -0.316. The van der Waals surface area contributed by atoms with Crippen molar-refractivity contribution in [2.75, 3.05) is 13.2 Å². The number of rotatable bonds is 4. The van der Waals surface area contributed by atoms with Gasteiger partial charge in [0.15, 0.2) is 0 Å². The highest BCUT2D eigenvalue weighted by Gasteiger charge is 2.42. The third-order valence-electron chi connectivity index (χ3n) is 3.61. The summed E-state index contributed by atoms with van der Waals surface area (Å²) in [6, 6.07) is 8.75. The minimum Gasteiger partial charge on any atom is -0.465 e. The number of benzene rings is 1. The van der Waals surface area contributed by atoms with Crippen molar-refractivity contribution in [1.82, 2.24) is 10.2 Å². The lowest BCUT2D eigenvalue weighted by Gasteiger charge is -2.43. The predicted molar refractivity (Wildman–Crippen MR) is 79.6 cm³/mol. The quantitative estimate of drug-likeness (QED) is 0.854. The van der Waals surface area contributed by atoms with E-state index in [0.29, 0.717) is 6.61 Å². The maximum absolute atomic E-state index is 12.3. The molecule has 0 spiro atoms. The summed E-state index contributed by atoms with van der Waals surface area (Å²) in [7, 11) is 0. The first kappa shape index (κ1) is 15.5. The Balaban J connectivity index is 2.40. The van der Waals surface area contributed by atoms with Crippen molar-refractivity contribution < 1.29 is 14.3 Å². The highest BCUT2D eigenvalue weighted by atomic mass is 16.5. The smallest absolute Gasteiger partial charge is 0.325 e. The van der Waals surface area contributed by atoms with Crippen LogP contribution in [0.15, 0.2) is 30.3 Å². The molecule has 0 aliphatic carbocycles. The number of carbonyl (C=O) groups is 2. The minimum absolute atomic E-state index is 0.000554. The number of nitrogens with zero attached hydrogens (tertiary/aromatic N) is 1. The normalized spacial score (nSPS) is 22.5. The zero-order chi connectivity index (χ0) is 15.4. The zero-order valence-corrected chi connectivity index (χ0v) is 12.7. The SMILES string of the molecule is CCOC(=O)[C@@H]1NCC(=O)N(C(C)C)[C@H]1c1ccccc1. The molecule has 1 aliphatic heterocycles. The molecule has 0 bridgehead atoms. The van der Waals surface area contributed by atoms with Crippen LogP contribution < -0.4 is 5.32 Å². The second-order valence-electron chi connectivity index (χ2n) is 5.36. The van der Waals surface area contributed by atoms with Crippen molar-refractivity contribution >= 4 is 11.9 Å². The topological polar surface area (TPSA) is 58.6 Å². The lowest BCUT2D eigenvalue weighted by molar-refractivity contribution is -0.153. The molecule has 1 heterocycles. The van der Waals surface area contributed by atoms with Crippen LogP contribution in [0.2, 0.25) is 0 Å². The molecule has 5 nitrogen and oxygen atoms in total. The maximum atomic E-state index is 12.3. The molecule has 21 heavy (non-hydrogen) atoms. The second kappa shape index (κ2) is 6.72. The largest absolute Gasteiger partial charge is 0.465 e. The van der Waals surface area contributed by atoms with Crippen LogP contribution in [-0.2, 0) is 14.3 Å². The van der Waals surface area contributed by atoms with E-state index < -0.39 is 6.04 Å². The Bertz CT molecular complexity index is 502. The van der Waals surface area contributed by atoms with E-state index in [4.69, 9.17) is 4.74 Å². The van der Waals surface area contributed by atoms with Gasteiger partial charge in [0.05, 0.1) is 19.2 Å². The average Bonchev–Trinajstić information content (AvgIpc) is 2.47. The summed E-state index contributed by atoms with van der Waals surface area (Å²) < 4.78 is 5.16. The van der Waals surface area contributed by atoms with E-state index in [-0.39, 0.29) is 30.5 Å². The molecule has 5 heteroatoms. The van der Waals surface area contributed by atoms with Gasteiger partial charge in [-0.2, -0.15) is 0 Å². The van der Waals surface area contributed by atoms with Crippen LogP contribution in [0.3, 0.4) is 0 Å². The highest BCUT2D eigenvalue weighted by molar-refractivity contribution is 5.85. The lowest BCUT2D eigenvalue weighted by Crippen LogP contribution is -2.60.